The Morgan fingerprint density at radius 1 is 1.18 bits per heavy atom. The van der Waals surface area contributed by atoms with Gasteiger partial charge >= 0.3 is 0 Å². The van der Waals surface area contributed by atoms with Gasteiger partial charge in [-0.2, -0.15) is 0 Å². The van der Waals surface area contributed by atoms with Crippen molar-refractivity contribution in [3.8, 4) is 0 Å². The number of likely N-dealkylation sites (N-methyl/N-ethyl adjacent to an activating group) is 1. The first-order chi connectivity index (χ1) is 13.7. The van der Waals surface area contributed by atoms with E-state index in [1.54, 1.807) is 0 Å². The van der Waals surface area contributed by atoms with Crippen molar-refractivity contribution in [2.75, 3.05) is 45.8 Å². The van der Waals surface area contributed by atoms with E-state index in [2.05, 4.69) is 66.6 Å². The van der Waals surface area contributed by atoms with E-state index in [0.29, 0.717) is 18.9 Å². The molecule has 6 nitrogen and oxygen atoms in total. The van der Waals surface area contributed by atoms with Gasteiger partial charge in [0.2, 0.25) is 5.91 Å². The molecule has 6 heteroatoms. The lowest BCUT2D eigenvalue weighted by Gasteiger charge is -2.29. The molecule has 1 saturated heterocycles. The first-order valence-electron chi connectivity index (χ1n) is 10.8. The zero-order valence-electron chi connectivity index (χ0n) is 17.8. The Labute approximate surface area is 170 Å². The van der Waals surface area contributed by atoms with Crippen molar-refractivity contribution in [2.45, 2.75) is 46.1 Å². The zero-order chi connectivity index (χ0) is 20.2. The van der Waals surface area contributed by atoms with Crippen LogP contribution in [0.4, 0.5) is 0 Å². The standard InChI is InChI=1S/C22H37N5O/c1-4-23-22(24-15-11-17-27-16-10-14-21(27)28)25-18-20(26(5-2)6-3)19-12-8-7-9-13-19/h7-9,12-13,20H,4-6,10-11,14-18H2,1-3H3,(H2,23,24,25). The third-order valence-corrected chi connectivity index (χ3v) is 5.27. The molecule has 0 spiro atoms. The third-order valence-electron chi connectivity index (χ3n) is 5.27. The fourth-order valence-corrected chi connectivity index (χ4v) is 3.71. The highest BCUT2D eigenvalue weighted by Gasteiger charge is 2.19. The molecule has 1 aromatic carbocycles. The van der Waals surface area contributed by atoms with Crippen LogP contribution in [0.15, 0.2) is 35.3 Å². The summed E-state index contributed by atoms with van der Waals surface area (Å²) in [5, 5.41) is 6.77. The van der Waals surface area contributed by atoms with Crippen LogP contribution in [0.1, 0.15) is 51.6 Å². The summed E-state index contributed by atoms with van der Waals surface area (Å²) < 4.78 is 0. The molecule has 156 valence electrons. The molecule has 0 saturated carbocycles. The van der Waals surface area contributed by atoms with Gasteiger partial charge in [-0.1, -0.05) is 44.2 Å². The van der Waals surface area contributed by atoms with E-state index in [9.17, 15) is 4.79 Å². The van der Waals surface area contributed by atoms with Crippen LogP contribution in [-0.4, -0.2) is 67.5 Å². The smallest absolute Gasteiger partial charge is 0.222 e. The molecule has 0 radical (unpaired) electrons. The fourth-order valence-electron chi connectivity index (χ4n) is 3.71. The van der Waals surface area contributed by atoms with E-state index in [1.165, 1.54) is 5.56 Å². The maximum atomic E-state index is 11.7. The van der Waals surface area contributed by atoms with Crippen LogP contribution in [0.2, 0.25) is 0 Å². The second-order valence-electron chi connectivity index (χ2n) is 7.13. The van der Waals surface area contributed by atoms with Crippen LogP contribution in [0.25, 0.3) is 0 Å². The Morgan fingerprint density at radius 2 is 1.93 bits per heavy atom. The van der Waals surface area contributed by atoms with Gasteiger partial charge in [-0.15, -0.1) is 0 Å². The van der Waals surface area contributed by atoms with Crippen molar-refractivity contribution < 1.29 is 4.79 Å². The normalized spacial score (nSPS) is 15.9. The summed E-state index contributed by atoms with van der Waals surface area (Å²) >= 11 is 0. The van der Waals surface area contributed by atoms with Crippen LogP contribution >= 0.6 is 0 Å². The van der Waals surface area contributed by atoms with Gasteiger partial charge in [0, 0.05) is 32.6 Å². The summed E-state index contributed by atoms with van der Waals surface area (Å²) in [5.74, 6) is 1.15. The van der Waals surface area contributed by atoms with Crippen molar-refractivity contribution in [1.82, 2.24) is 20.4 Å². The maximum absolute atomic E-state index is 11.7. The Bertz CT molecular complexity index is 600. The van der Waals surface area contributed by atoms with Crippen LogP contribution in [0.3, 0.4) is 0 Å². The molecule has 0 aromatic heterocycles. The Morgan fingerprint density at radius 3 is 2.54 bits per heavy atom. The van der Waals surface area contributed by atoms with Gasteiger partial charge in [-0.05, 0) is 38.4 Å². The summed E-state index contributed by atoms with van der Waals surface area (Å²) in [5.41, 5.74) is 1.30. The molecule has 1 aromatic rings. The molecule has 0 bridgehead atoms. The fraction of sp³-hybridized carbons (Fsp3) is 0.636. The first-order valence-corrected chi connectivity index (χ1v) is 10.8. The SMILES string of the molecule is CCNC(=NCC(c1ccccc1)N(CC)CC)NCCCN1CCCC1=O. The summed E-state index contributed by atoms with van der Waals surface area (Å²) in [4.78, 5) is 21.0. The number of carbonyl (C=O) groups excluding carboxylic acids is 1. The monoisotopic (exact) mass is 387 g/mol. The topological polar surface area (TPSA) is 60.0 Å². The van der Waals surface area contributed by atoms with E-state index >= 15 is 0 Å². The molecule has 1 aliphatic rings. The van der Waals surface area contributed by atoms with Gasteiger partial charge in [0.15, 0.2) is 5.96 Å². The molecule has 0 aliphatic carbocycles. The van der Waals surface area contributed by atoms with Crippen LogP contribution in [-0.2, 0) is 4.79 Å². The van der Waals surface area contributed by atoms with E-state index in [-0.39, 0.29) is 6.04 Å². The number of nitrogens with zero attached hydrogens (tertiary/aromatic N) is 3. The van der Waals surface area contributed by atoms with E-state index in [1.807, 2.05) is 4.90 Å². The van der Waals surface area contributed by atoms with E-state index in [0.717, 1.165) is 58.1 Å². The summed E-state index contributed by atoms with van der Waals surface area (Å²) in [6.45, 7) is 12.6. The number of likely N-dealkylation sites (tertiary alicyclic amines) is 1. The van der Waals surface area contributed by atoms with Crippen molar-refractivity contribution in [2.24, 2.45) is 4.99 Å². The number of nitrogens with one attached hydrogen (secondary N) is 2. The number of rotatable bonds is 11. The molecule has 1 unspecified atom stereocenters. The minimum atomic E-state index is 0.272. The number of aliphatic imine (C=N–C) groups is 1. The molecule has 1 atom stereocenters. The van der Waals surface area contributed by atoms with E-state index < -0.39 is 0 Å². The number of hydrogen-bond donors (Lipinski definition) is 2. The number of guanidine groups is 1. The Kier molecular flexibility index (Phi) is 9.83. The van der Waals surface area contributed by atoms with Crippen molar-refractivity contribution in [3.63, 3.8) is 0 Å². The number of benzene rings is 1. The quantitative estimate of drug-likeness (QED) is 0.348. The second kappa shape index (κ2) is 12.4. The van der Waals surface area contributed by atoms with Crippen molar-refractivity contribution in [3.05, 3.63) is 35.9 Å². The van der Waals surface area contributed by atoms with Crippen LogP contribution in [0.5, 0.6) is 0 Å². The van der Waals surface area contributed by atoms with Crippen LogP contribution in [0, 0.1) is 0 Å². The lowest BCUT2D eigenvalue weighted by atomic mass is 10.1. The third kappa shape index (κ3) is 6.82. The molecule has 1 aliphatic heterocycles. The van der Waals surface area contributed by atoms with Crippen LogP contribution < -0.4 is 10.6 Å². The first kappa shape index (κ1) is 22.2. The minimum absolute atomic E-state index is 0.272. The van der Waals surface area contributed by atoms with Gasteiger partial charge in [0.1, 0.15) is 0 Å². The van der Waals surface area contributed by atoms with Gasteiger partial charge in [-0.25, -0.2) is 0 Å². The zero-order valence-corrected chi connectivity index (χ0v) is 17.8. The average molecular weight is 388 g/mol. The van der Waals surface area contributed by atoms with Crippen molar-refractivity contribution >= 4 is 11.9 Å². The Balaban J connectivity index is 1.92. The number of carbonyl (C=O) groups is 1. The molecular formula is C22H37N5O. The summed E-state index contributed by atoms with van der Waals surface area (Å²) in [7, 11) is 0. The number of hydrogen-bond acceptors (Lipinski definition) is 3. The van der Waals surface area contributed by atoms with Crippen molar-refractivity contribution in [1.29, 1.82) is 0 Å². The molecule has 2 rings (SSSR count). The highest BCUT2D eigenvalue weighted by molar-refractivity contribution is 5.80. The van der Waals surface area contributed by atoms with E-state index in [4.69, 9.17) is 4.99 Å². The largest absolute Gasteiger partial charge is 0.357 e. The number of amides is 1. The molecule has 28 heavy (non-hydrogen) atoms. The molecule has 1 heterocycles. The molecule has 1 fully saturated rings. The molecular weight excluding hydrogens is 350 g/mol. The van der Waals surface area contributed by atoms with Gasteiger partial charge in [-0.3, -0.25) is 14.7 Å². The molecule has 2 N–H and O–H groups in total. The van der Waals surface area contributed by atoms with Gasteiger partial charge in [0.25, 0.3) is 0 Å². The predicted octanol–water partition coefficient (Wildman–Crippen LogP) is 2.64. The predicted molar refractivity (Wildman–Crippen MR) is 117 cm³/mol. The summed E-state index contributed by atoms with van der Waals surface area (Å²) in [6, 6.07) is 10.9. The highest BCUT2D eigenvalue weighted by atomic mass is 16.2. The summed E-state index contributed by atoms with van der Waals surface area (Å²) in [6.07, 6.45) is 2.65. The van der Waals surface area contributed by atoms with Gasteiger partial charge in [0.05, 0.1) is 12.6 Å². The Hall–Kier alpha value is -2.08. The highest BCUT2D eigenvalue weighted by Crippen LogP contribution is 2.20. The minimum Gasteiger partial charge on any atom is -0.357 e. The van der Waals surface area contributed by atoms with Gasteiger partial charge < -0.3 is 15.5 Å². The maximum Gasteiger partial charge on any atom is 0.222 e. The average Bonchev–Trinajstić information content (AvgIpc) is 3.13. The lowest BCUT2D eigenvalue weighted by Crippen LogP contribution is -2.40. The lowest BCUT2D eigenvalue weighted by molar-refractivity contribution is -0.127. The second-order valence-corrected chi connectivity index (χ2v) is 7.13. The molecule has 1 amide bonds.